The number of rotatable bonds is 7. The van der Waals surface area contributed by atoms with E-state index in [1.807, 2.05) is 13.0 Å². The number of benzene rings is 2. The van der Waals surface area contributed by atoms with Gasteiger partial charge in [-0.3, -0.25) is 15.2 Å². The van der Waals surface area contributed by atoms with Gasteiger partial charge in [0.2, 0.25) is 5.62 Å². The van der Waals surface area contributed by atoms with Crippen LogP contribution in [0, 0.1) is 29.9 Å². The first-order valence-electron chi connectivity index (χ1n) is 12.6. The second-order valence-corrected chi connectivity index (χ2v) is 10.1. The van der Waals surface area contributed by atoms with E-state index in [0.29, 0.717) is 11.6 Å². The minimum Gasteiger partial charge on any atom is -0.345 e. The number of pyridine rings is 1. The first-order chi connectivity index (χ1) is 18.9. The number of carbonyl (C=O) groups excluding carboxylic acids is 1. The Bertz CT molecular complexity index is 1650. The Kier molecular flexibility index (Phi) is 7.07. The summed E-state index contributed by atoms with van der Waals surface area (Å²) in [5.74, 6) is -2.94. The van der Waals surface area contributed by atoms with E-state index < -0.39 is 52.0 Å². The van der Waals surface area contributed by atoms with Gasteiger partial charge in [0.05, 0.1) is 23.7 Å². The summed E-state index contributed by atoms with van der Waals surface area (Å²) in [6.45, 7) is 1.85. The van der Waals surface area contributed by atoms with Crippen molar-refractivity contribution in [3.8, 4) is 11.1 Å². The molecule has 2 aromatic carbocycles. The monoisotopic (exact) mass is 555 g/mol. The molecular weight excluding hydrogens is 529 g/mol. The van der Waals surface area contributed by atoms with Gasteiger partial charge in [-0.2, -0.15) is 13.2 Å². The molecule has 40 heavy (non-hydrogen) atoms. The van der Waals surface area contributed by atoms with Gasteiger partial charge >= 0.3 is 6.18 Å². The highest BCUT2D eigenvalue weighted by Crippen LogP contribution is 2.42. The fourth-order valence-electron chi connectivity index (χ4n) is 4.84. The fraction of sp³-hybridized carbons (Fsp3) is 0.276. The van der Waals surface area contributed by atoms with Crippen LogP contribution < -0.4 is 10.9 Å². The number of imidazole rings is 1. The van der Waals surface area contributed by atoms with Gasteiger partial charge in [-0.1, -0.05) is 12.1 Å². The summed E-state index contributed by atoms with van der Waals surface area (Å²) in [5, 5.41) is 11.1. The Balaban J connectivity index is 1.62. The van der Waals surface area contributed by atoms with Gasteiger partial charge in [0, 0.05) is 37.4 Å². The highest BCUT2D eigenvalue weighted by molar-refractivity contribution is 5.96. The summed E-state index contributed by atoms with van der Waals surface area (Å²) in [5.41, 5.74) is -0.853. The lowest BCUT2D eigenvalue weighted by Gasteiger charge is -2.21. The highest BCUT2D eigenvalue weighted by Gasteiger charge is 2.37. The molecule has 0 saturated heterocycles. The van der Waals surface area contributed by atoms with Gasteiger partial charge in [-0.25, -0.2) is 8.78 Å². The Labute approximate surface area is 226 Å². The van der Waals surface area contributed by atoms with Gasteiger partial charge in [-0.05, 0) is 72.2 Å². The smallest absolute Gasteiger partial charge is 0.345 e. The van der Waals surface area contributed by atoms with Gasteiger partial charge in [0.15, 0.2) is 0 Å². The first kappa shape index (κ1) is 27.3. The third-order valence-corrected chi connectivity index (χ3v) is 7.02. The lowest BCUT2D eigenvalue weighted by Crippen LogP contribution is -2.31. The zero-order chi connectivity index (χ0) is 28.8. The minimum atomic E-state index is -4.97. The lowest BCUT2D eigenvalue weighted by atomic mass is 9.94. The molecule has 1 aliphatic carbocycles. The summed E-state index contributed by atoms with van der Waals surface area (Å²) >= 11 is 0. The molecule has 5 rings (SSSR count). The standard InChI is InChI=1S/C29H26F5N5O/c1-16-9-19(14-36-13-16)26(18-3-4-18)37-27(40)23-11-17(15-39-8-7-38(2)28(39)35)10-22(25(23)31)21-6-5-20(30)12-24(21)29(32,33)34/h5-14,18,26,35H,3-4,15H2,1-2H3,(H,37,40)/t26-/m0/s1. The topological polar surface area (TPSA) is 75.7 Å². The van der Waals surface area contributed by atoms with Crippen molar-refractivity contribution in [2.75, 3.05) is 0 Å². The van der Waals surface area contributed by atoms with E-state index in [1.54, 1.807) is 31.8 Å². The second-order valence-electron chi connectivity index (χ2n) is 10.1. The molecule has 1 fully saturated rings. The van der Waals surface area contributed by atoms with Crippen LogP contribution in [0.4, 0.5) is 22.0 Å². The molecule has 2 N–H and O–H groups in total. The van der Waals surface area contributed by atoms with Crippen molar-refractivity contribution in [1.29, 1.82) is 5.41 Å². The Hall–Kier alpha value is -4.28. The molecule has 1 atom stereocenters. The van der Waals surface area contributed by atoms with E-state index in [0.717, 1.165) is 36.1 Å². The van der Waals surface area contributed by atoms with Crippen LogP contribution in [0.15, 0.2) is 61.2 Å². The maximum Gasteiger partial charge on any atom is 0.417 e. The molecule has 6 nitrogen and oxygen atoms in total. The highest BCUT2D eigenvalue weighted by atomic mass is 19.4. The van der Waals surface area contributed by atoms with Crippen LogP contribution in [0.5, 0.6) is 0 Å². The molecule has 1 saturated carbocycles. The average Bonchev–Trinajstić information content (AvgIpc) is 3.69. The maximum absolute atomic E-state index is 16.0. The number of hydrogen-bond donors (Lipinski definition) is 2. The second kappa shape index (κ2) is 10.4. The van der Waals surface area contributed by atoms with E-state index in [1.165, 1.54) is 21.3 Å². The van der Waals surface area contributed by atoms with E-state index in [9.17, 15) is 22.4 Å². The number of aryl methyl sites for hydroxylation is 2. The molecular formula is C29H26F5N5O. The fourth-order valence-corrected chi connectivity index (χ4v) is 4.84. The molecule has 2 heterocycles. The quantitative estimate of drug-likeness (QED) is 0.279. The van der Waals surface area contributed by atoms with Gasteiger partial charge in [0.1, 0.15) is 11.6 Å². The molecule has 0 spiro atoms. The molecule has 2 aromatic heterocycles. The normalized spacial score (nSPS) is 14.3. The molecule has 4 aromatic rings. The van der Waals surface area contributed by atoms with Crippen molar-refractivity contribution < 1.29 is 26.7 Å². The lowest BCUT2D eigenvalue weighted by molar-refractivity contribution is -0.137. The molecule has 11 heteroatoms. The van der Waals surface area contributed by atoms with Crippen LogP contribution >= 0.6 is 0 Å². The van der Waals surface area contributed by atoms with Crippen LogP contribution in [-0.4, -0.2) is 20.0 Å². The van der Waals surface area contributed by atoms with Gasteiger partial charge < -0.3 is 14.5 Å². The number of nitrogens with one attached hydrogen (secondary N) is 2. The van der Waals surface area contributed by atoms with Crippen molar-refractivity contribution in [2.24, 2.45) is 13.0 Å². The number of aromatic nitrogens is 3. The van der Waals surface area contributed by atoms with Gasteiger partial charge in [0.25, 0.3) is 5.91 Å². The Morgan fingerprint density at radius 2 is 1.85 bits per heavy atom. The van der Waals surface area contributed by atoms with Crippen molar-refractivity contribution in [3.63, 3.8) is 0 Å². The molecule has 208 valence electrons. The average molecular weight is 556 g/mol. The van der Waals surface area contributed by atoms with E-state index in [-0.39, 0.29) is 18.1 Å². The molecule has 1 amide bonds. The van der Waals surface area contributed by atoms with Crippen molar-refractivity contribution in [1.82, 2.24) is 19.4 Å². The van der Waals surface area contributed by atoms with E-state index >= 15 is 4.39 Å². The zero-order valence-electron chi connectivity index (χ0n) is 21.7. The largest absolute Gasteiger partial charge is 0.417 e. The Morgan fingerprint density at radius 3 is 2.48 bits per heavy atom. The summed E-state index contributed by atoms with van der Waals surface area (Å²) in [6, 6.07) is 5.90. The number of nitrogens with zero attached hydrogens (tertiary/aromatic N) is 3. The predicted octanol–water partition coefficient (Wildman–Crippen LogP) is 5.90. The number of carbonyl (C=O) groups is 1. The van der Waals surface area contributed by atoms with Crippen LogP contribution in [0.25, 0.3) is 11.1 Å². The van der Waals surface area contributed by atoms with Crippen molar-refractivity contribution in [2.45, 2.75) is 38.5 Å². The van der Waals surface area contributed by atoms with Crippen LogP contribution in [-0.2, 0) is 19.8 Å². The molecule has 0 radical (unpaired) electrons. The maximum atomic E-state index is 16.0. The van der Waals surface area contributed by atoms with Crippen molar-refractivity contribution >= 4 is 5.91 Å². The van der Waals surface area contributed by atoms with Crippen molar-refractivity contribution in [3.05, 3.63) is 106 Å². The molecule has 0 unspecified atom stereocenters. The summed E-state index contributed by atoms with van der Waals surface area (Å²) < 4.78 is 74.6. The predicted molar refractivity (Wildman–Crippen MR) is 137 cm³/mol. The number of halogens is 5. The van der Waals surface area contributed by atoms with E-state index in [2.05, 4.69) is 10.3 Å². The molecule has 0 aliphatic heterocycles. The molecule has 1 aliphatic rings. The summed E-state index contributed by atoms with van der Waals surface area (Å²) in [4.78, 5) is 17.8. The van der Waals surface area contributed by atoms with Crippen LogP contribution in [0.1, 0.15) is 51.5 Å². The minimum absolute atomic E-state index is 0.0103. The number of amides is 1. The van der Waals surface area contributed by atoms with Crippen LogP contribution in [0.2, 0.25) is 0 Å². The summed E-state index contributed by atoms with van der Waals surface area (Å²) in [7, 11) is 1.65. The molecule has 0 bridgehead atoms. The van der Waals surface area contributed by atoms with Gasteiger partial charge in [-0.15, -0.1) is 0 Å². The third kappa shape index (κ3) is 5.54. The third-order valence-electron chi connectivity index (χ3n) is 7.02. The van der Waals surface area contributed by atoms with E-state index in [4.69, 9.17) is 5.41 Å². The zero-order valence-corrected chi connectivity index (χ0v) is 21.7. The first-order valence-corrected chi connectivity index (χ1v) is 12.6. The summed E-state index contributed by atoms with van der Waals surface area (Å²) in [6.07, 6.45) is 3.26. The SMILES string of the molecule is Cc1cncc([C@@H](NC(=O)c2cc(Cn3ccn(C)c3=N)cc(-c3ccc(F)cc3C(F)(F)F)c2F)C2CC2)c1. The number of hydrogen-bond acceptors (Lipinski definition) is 3. The number of alkyl halides is 3. The Morgan fingerprint density at radius 1 is 1.10 bits per heavy atom. The van der Waals surface area contributed by atoms with Crippen LogP contribution in [0.3, 0.4) is 0 Å².